The van der Waals surface area contributed by atoms with Gasteiger partial charge in [0.1, 0.15) is 17.3 Å². The molecule has 0 saturated heterocycles. The number of sulfone groups is 1. The van der Waals surface area contributed by atoms with Crippen LogP contribution < -0.4 is 0 Å². The summed E-state index contributed by atoms with van der Waals surface area (Å²) < 4.78 is 55.6. The largest absolute Gasteiger partial charge is 0.228 e. The minimum Gasteiger partial charge on any atom is -0.228 e. The lowest BCUT2D eigenvalue weighted by molar-refractivity contribution is 0.555. The van der Waals surface area contributed by atoms with Crippen LogP contribution in [0.3, 0.4) is 0 Å². The molecule has 1 heterocycles. The first kappa shape index (κ1) is 25.4. The molecule has 182 valence electrons. The molecule has 4 rings (SSSR count). The van der Waals surface area contributed by atoms with Crippen LogP contribution in [0.5, 0.6) is 0 Å². The van der Waals surface area contributed by atoms with Crippen LogP contribution in [0.1, 0.15) is 26.5 Å². The first-order valence-electron chi connectivity index (χ1n) is 10.6. The molecule has 9 heteroatoms. The Hall–Kier alpha value is -2.74. The minimum absolute atomic E-state index is 0.0199. The SMILES string of the molecule is CC(C)(C)c1nn(-c2ccc(-c3cccc(S(C)(=O)=O)c3)cc2F)c(-c2c(F)cccc2Cl)c1Cl. The molecular weight excluding hydrogens is 513 g/mol. The summed E-state index contributed by atoms with van der Waals surface area (Å²) in [6.07, 6.45) is 1.11. The predicted octanol–water partition coefficient (Wildman–Crippen LogP) is 7.49. The van der Waals surface area contributed by atoms with Gasteiger partial charge in [-0.3, -0.25) is 0 Å². The van der Waals surface area contributed by atoms with Crippen molar-refractivity contribution in [2.45, 2.75) is 31.1 Å². The lowest BCUT2D eigenvalue weighted by atomic mass is 9.91. The zero-order valence-electron chi connectivity index (χ0n) is 19.4. The molecule has 0 saturated carbocycles. The van der Waals surface area contributed by atoms with Crippen LogP contribution in [0.4, 0.5) is 8.78 Å². The van der Waals surface area contributed by atoms with Gasteiger partial charge in [0.15, 0.2) is 9.84 Å². The monoisotopic (exact) mass is 534 g/mol. The minimum atomic E-state index is -3.43. The summed E-state index contributed by atoms with van der Waals surface area (Å²) in [5.41, 5.74) is 1.15. The van der Waals surface area contributed by atoms with Crippen molar-refractivity contribution in [1.82, 2.24) is 9.78 Å². The van der Waals surface area contributed by atoms with Crippen molar-refractivity contribution in [2.24, 2.45) is 0 Å². The van der Waals surface area contributed by atoms with Crippen molar-refractivity contribution >= 4 is 33.0 Å². The highest BCUT2D eigenvalue weighted by atomic mass is 35.5. The number of hydrogen-bond donors (Lipinski definition) is 0. The molecule has 4 nitrogen and oxygen atoms in total. The first-order valence-corrected chi connectivity index (χ1v) is 13.3. The number of aromatic nitrogens is 2. The number of hydrogen-bond acceptors (Lipinski definition) is 3. The van der Waals surface area contributed by atoms with Crippen LogP contribution in [-0.2, 0) is 15.3 Å². The van der Waals surface area contributed by atoms with Crippen molar-refractivity contribution in [2.75, 3.05) is 6.26 Å². The molecule has 3 aromatic carbocycles. The van der Waals surface area contributed by atoms with Gasteiger partial charge in [-0.1, -0.05) is 68.2 Å². The second-order valence-electron chi connectivity index (χ2n) is 9.24. The Labute approximate surface area is 213 Å². The average Bonchev–Trinajstić information content (AvgIpc) is 3.10. The van der Waals surface area contributed by atoms with Gasteiger partial charge in [-0.15, -0.1) is 0 Å². The fraction of sp³-hybridized carbons (Fsp3) is 0.192. The molecule has 0 atom stereocenters. The van der Waals surface area contributed by atoms with Gasteiger partial charge in [0.2, 0.25) is 0 Å². The van der Waals surface area contributed by atoms with Gasteiger partial charge >= 0.3 is 0 Å². The summed E-state index contributed by atoms with van der Waals surface area (Å²) in [5, 5.41) is 4.85. The van der Waals surface area contributed by atoms with E-state index in [0.29, 0.717) is 16.8 Å². The predicted molar refractivity (Wildman–Crippen MR) is 136 cm³/mol. The molecular formula is C26H22Cl2F2N2O2S. The third-order valence-electron chi connectivity index (χ3n) is 5.51. The Balaban J connectivity index is 1.93. The maximum Gasteiger partial charge on any atom is 0.175 e. The zero-order chi connectivity index (χ0) is 25.7. The van der Waals surface area contributed by atoms with Crippen molar-refractivity contribution in [3.63, 3.8) is 0 Å². The average molecular weight is 535 g/mol. The summed E-state index contributed by atoms with van der Waals surface area (Å²) in [6.45, 7) is 5.69. The maximum absolute atomic E-state index is 15.5. The molecule has 0 amide bonds. The molecule has 0 N–H and O–H groups in total. The van der Waals surface area contributed by atoms with E-state index < -0.39 is 26.9 Å². The van der Waals surface area contributed by atoms with Gasteiger partial charge in [0.05, 0.1) is 31.9 Å². The molecule has 0 fully saturated rings. The lowest BCUT2D eigenvalue weighted by Gasteiger charge is -2.15. The number of nitrogens with zero attached hydrogens (tertiary/aromatic N) is 2. The summed E-state index contributed by atoms with van der Waals surface area (Å²) >= 11 is 13.0. The van der Waals surface area contributed by atoms with Crippen LogP contribution in [0, 0.1) is 11.6 Å². The highest BCUT2D eigenvalue weighted by Gasteiger charge is 2.30. The Morgan fingerprint density at radius 1 is 0.886 bits per heavy atom. The molecule has 0 radical (unpaired) electrons. The molecule has 0 aliphatic heterocycles. The van der Waals surface area contributed by atoms with Crippen LogP contribution >= 0.6 is 23.2 Å². The van der Waals surface area contributed by atoms with E-state index in [4.69, 9.17) is 23.2 Å². The van der Waals surface area contributed by atoms with E-state index in [1.165, 1.54) is 47.1 Å². The van der Waals surface area contributed by atoms with E-state index in [1.54, 1.807) is 18.2 Å². The van der Waals surface area contributed by atoms with E-state index in [1.807, 2.05) is 20.8 Å². The highest BCUT2D eigenvalue weighted by Crippen LogP contribution is 2.42. The normalized spacial score (nSPS) is 12.2. The first-order chi connectivity index (χ1) is 16.3. The lowest BCUT2D eigenvalue weighted by Crippen LogP contribution is -2.13. The van der Waals surface area contributed by atoms with Crippen molar-refractivity contribution in [3.8, 4) is 28.1 Å². The second kappa shape index (κ2) is 9.04. The molecule has 0 aliphatic rings. The van der Waals surface area contributed by atoms with E-state index in [-0.39, 0.29) is 31.9 Å². The van der Waals surface area contributed by atoms with Crippen molar-refractivity contribution < 1.29 is 17.2 Å². The summed E-state index contributed by atoms with van der Waals surface area (Å²) in [6, 6.07) is 14.9. The summed E-state index contributed by atoms with van der Waals surface area (Å²) in [4.78, 5) is 0.129. The van der Waals surface area contributed by atoms with E-state index in [0.717, 1.165) is 6.26 Å². The van der Waals surface area contributed by atoms with Crippen LogP contribution in [0.25, 0.3) is 28.1 Å². The molecule has 4 aromatic rings. The van der Waals surface area contributed by atoms with Gasteiger partial charge < -0.3 is 0 Å². The number of rotatable bonds is 4. The summed E-state index contributed by atoms with van der Waals surface area (Å²) in [5.74, 6) is -1.27. The quantitative estimate of drug-likeness (QED) is 0.272. The Kier molecular flexibility index (Phi) is 6.55. The van der Waals surface area contributed by atoms with E-state index >= 15 is 4.39 Å². The Bertz CT molecular complexity index is 1540. The van der Waals surface area contributed by atoms with Crippen LogP contribution in [-0.4, -0.2) is 24.5 Å². The van der Waals surface area contributed by atoms with Crippen LogP contribution in [0.15, 0.2) is 65.6 Å². The molecule has 35 heavy (non-hydrogen) atoms. The highest BCUT2D eigenvalue weighted by molar-refractivity contribution is 7.90. The zero-order valence-corrected chi connectivity index (χ0v) is 21.7. The third kappa shape index (κ3) is 4.85. The molecule has 0 bridgehead atoms. The Morgan fingerprint density at radius 2 is 1.54 bits per heavy atom. The van der Waals surface area contributed by atoms with Crippen molar-refractivity contribution in [1.29, 1.82) is 0 Å². The van der Waals surface area contributed by atoms with Gasteiger partial charge in [-0.25, -0.2) is 21.9 Å². The fourth-order valence-electron chi connectivity index (χ4n) is 3.76. The molecule has 0 aliphatic carbocycles. The topological polar surface area (TPSA) is 52.0 Å². The maximum atomic E-state index is 15.5. The van der Waals surface area contributed by atoms with Crippen molar-refractivity contribution in [3.05, 3.63) is 88.0 Å². The third-order valence-corrected chi connectivity index (χ3v) is 7.29. The molecule has 0 spiro atoms. The van der Waals surface area contributed by atoms with Gasteiger partial charge in [-0.05, 0) is 47.5 Å². The standard InChI is InChI=1S/C26H22Cl2F2N2O2S/c1-26(2,3)25-23(28)24(22-18(27)9-6-10-19(22)29)32(31-25)21-12-11-16(14-20(21)30)15-7-5-8-17(13-15)35(4,33)34/h5-14H,1-4H3. The van der Waals surface area contributed by atoms with Gasteiger partial charge in [0.25, 0.3) is 0 Å². The van der Waals surface area contributed by atoms with Gasteiger partial charge in [0, 0.05) is 11.7 Å². The number of benzene rings is 3. The summed E-state index contributed by atoms with van der Waals surface area (Å²) in [7, 11) is -3.43. The molecule has 1 aromatic heterocycles. The molecule has 0 unspecified atom stereocenters. The Morgan fingerprint density at radius 3 is 2.14 bits per heavy atom. The fourth-order valence-corrected chi connectivity index (χ4v) is 5.17. The van der Waals surface area contributed by atoms with E-state index in [2.05, 4.69) is 5.10 Å². The van der Waals surface area contributed by atoms with Gasteiger partial charge in [-0.2, -0.15) is 5.10 Å². The smallest absolute Gasteiger partial charge is 0.175 e. The number of halogens is 4. The second-order valence-corrected chi connectivity index (χ2v) is 12.0. The van der Waals surface area contributed by atoms with E-state index in [9.17, 15) is 12.8 Å². The van der Waals surface area contributed by atoms with Crippen LogP contribution in [0.2, 0.25) is 10.0 Å².